The van der Waals surface area contributed by atoms with Crippen LogP contribution in [0.4, 0.5) is 0 Å². The van der Waals surface area contributed by atoms with Crippen LogP contribution in [0.1, 0.15) is 174 Å². The fourth-order valence-electron chi connectivity index (χ4n) is 7.28. The molecule has 1 aliphatic rings. The Kier molecular flexibility index (Phi) is 30.5. The highest BCUT2D eigenvalue weighted by Gasteiger charge is 2.39. The molecule has 3 N–H and O–H groups in total. The summed E-state index contributed by atoms with van der Waals surface area (Å²) in [5.41, 5.74) is 0. The first-order valence-electron chi connectivity index (χ1n) is 22.7. The molecular formula is C44H84NO11P. The number of quaternary nitrogens is 1. The monoisotopic (exact) mass is 834 g/mol. The number of aliphatic hydroxyl groups is 3. The fraction of sp³-hybridized carbons (Fsp3) is 0.909. The number of nitrogens with zero attached hydrogens (tertiary/aromatic N) is 1. The molecule has 0 amide bonds. The molecule has 1 saturated carbocycles. The van der Waals surface area contributed by atoms with Gasteiger partial charge in [0.2, 0.25) is 0 Å². The summed E-state index contributed by atoms with van der Waals surface area (Å²) in [6.07, 6.45) is 24.4. The summed E-state index contributed by atoms with van der Waals surface area (Å²) in [4.78, 5) is 37.7. The summed E-state index contributed by atoms with van der Waals surface area (Å²) in [5, 5.41) is 31.4. The number of phosphoric ester groups is 1. The van der Waals surface area contributed by atoms with Gasteiger partial charge in [0.15, 0.2) is 6.10 Å². The summed E-state index contributed by atoms with van der Waals surface area (Å²) in [5.74, 6) is -1.24. The van der Waals surface area contributed by atoms with Gasteiger partial charge in [-0.05, 0) is 31.6 Å². The zero-order valence-electron chi connectivity index (χ0n) is 36.6. The largest absolute Gasteiger partial charge is 0.756 e. The molecule has 57 heavy (non-hydrogen) atoms. The Morgan fingerprint density at radius 1 is 0.737 bits per heavy atom. The molecule has 336 valence electrons. The van der Waals surface area contributed by atoms with Crippen LogP contribution in [0.15, 0.2) is 12.2 Å². The summed E-state index contributed by atoms with van der Waals surface area (Å²) in [6.45, 7) is 3.89. The topological polar surface area (TPSA) is 172 Å². The molecule has 1 fully saturated rings. The van der Waals surface area contributed by atoms with Gasteiger partial charge in [0, 0.05) is 25.2 Å². The van der Waals surface area contributed by atoms with E-state index < -0.39 is 50.8 Å². The molecule has 0 aliphatic heterocycles. The molecule has 1 rings (SSSR count). The standard InChI is InChI=1S/C44H84NO11P/c1-6-8-10-11-12-13-14-15-16-17-18-19-25-29-44(50)56-38(36-55-57(51,52)54-33-32-45(3,4)5)35-53-43(49)28-24-21-20-23-27-39-40(42(48)34-41(39)47)31-30-37(46)26-22-9-7-2/h30-31,37-42,46-48H,6-29,32-36H2,1-5H3/b31-30+/t37-,38+,39+,40+,41-,42+/m0/s1. The van der Waals surface area contributed by atoms with Crippen LogP contribution in [-0.4, -0.2) is 104 Å². The van der Waals surface area contributed by atoms with Gasteiger partial charge < -0.3 is 43.2 Å². The maximum absolute atomic E-state index is 12.7. The molecule has 0 aromatic heterocycles. The van der Waals surface area contributed by atoms with Crippen LogP contribution in [0, 0.1) is 11.8 Å². The molecule has 0 aromatic carbocycles. The van der Waals surface area contributed by atoms with Crippen molar-refractivity contribution in [2.45, 2.75) is 199 Å². The van der Waals surface area contributed by atoms with Crippen LogP contribution in [0.5, 0.6) is 0 Å². The van der Waals surface area contributed by atoms with Crippen molar-refractivity contribution in [3.8, 4) is 0 Å². The van der Waals surface area contributed by atoms with Gasteiger partial charge in [0.1, 0.15) is 19.8 Å². The normalized spacial score (nSPS) is 20.8. The van der Waals surface area contributed by atoms with Crippen LogP contribution < -0.4 is 4.89 Å². The van der Waals surface area contributed by atoms with Gasteiger partial charge in [0.05, 0.1) is 46.1 Å². The summed E-state index contributed by atoms with van der Waals surface area (Å²) < 4.78 is 33.9. The average Bonchev–Trinajstić information content (AvgIpc) is 3.41. The van der Waals surface area contributed by atoms with Gasteiger partial charge in [-0.25, -0.2) is 0 Å². The van der Waals surface area contributed by atoms with Crippen LogP contribution >= 0.6 is 7.82 Å². The molecule has 0 spiro atoms. The summed E-state index contributed by atoms with van der Waals surface area (Å²) in [6, 6.07) is 0. The predicted octanol–water partition coefficient (Wildman–Crippen LogP) is 8.33. The van der Waals surface area contributed by atoms with Crippen molar-refractivity contribution in [1.82, 2.24) is 0 Å². The number of aliphatic hydroxyl groups excluding tert-OH is 3. The lowest BCUT2D eigenvalue weighted by molar-refractivity contribution is -0.870. The van der Waals surface area contributed by atoms with Crippen molar-refractivity contribution in [3.05, 3.63) is 12.2 Å². The average molecular weight is 834 g/mol. The Morgan fingerprint density at radius 2 is 1.26 bits per heavy atom. The number of carbonyl (C=O) groups excluding carboxylic acids is 2. The first-order valence-corrected chi connectivity index (χ1v) is 24.1. The number of hydrogen-bond acceptors (Lipinski definition) is 11. The highest BCUT2D eigenvalue weighted by Crippen LogP contribution is 2.39. The van der Waals surface area contributed by atoms with E-state index >= 15 is 0 Å². The lowest BCUT2D eigenvalue weighted by atomic mass is 9.88. The Morgan fingerprint density at radius 3 is 1.84 bits per heavy atom. The molecule has 0 bridgehead atoms. The van der Waals surface area contributed by atoms with Gasteiger partial charge in [-0.2, -0.15) is 0 Å². The second-order valence-corrected chi connectivity index (χ2v) is 18.8. The van der Waals surface area contributed by atoms with Crippen LogP contribution in [0.3, 0.4) is 0 Å². The van der Waals surface area contributed by atoms with E-state index in [4.69, 9.17) is 18.5 Å². The van der Waals surface area contributed by atoms with E-state index in [0.29, 0.717) is 36.7 Å². The third-order valence-electron chi connectivity index (χ3n) is 10.9. The van der Waals surface area contributed by atoms with Crippen molar-refractivity contribution >= 4 is 19.8 Å². The molecule has 1 aliphatic carbocycles. The number of phosphoric acid groups is 1. The minimum absolute atomic E-state index is 0.0626. The van der Waals surface area contributed by atoms with Crippen molar-refractivity contribution in [3.63, 3.8) is 0 Å². The number of hydrogen-bond donors (Lipinski definition) is 3. The van der Waals surface area contributed by atoms with Gasteiger partial charge in [-0.15, -0.1) is 0 Å². The number of carbonyl (C=O) groups is 2. The second-order valence-electron chi connectivity index (χ2n) is 17.4. The maximum Gasteiger partial charge on any atom is 0.306 e. The Balaban J connectivity index is 2.46. The summed E-state index contributed by atoms with van der Waals surface area (Å²) in [7, 11) is 1.06. The van der Waals surface area contributed by atoms with Gasteiger partial charge in [-0.1, -0.05) is 142 Å². The van der Waals surface area contributed by atoms with Crippen molar-refractivity contribution in [1.29, 1.82) is 0 Å². The molecular weight excluding hydrogens is 749 g/mol. The van der Waals surface area contributed by atoms with Gasteiger partial charge in [-0.3, -0.25) is 14.2 Å². The SMILES string of the molecule is CCCCCCCCCCCCCCCC(=O)O[C@H](COC(=O)CCCCCC[C@@H]1[C@@H](/C=C/[C@@H](O)CCCCC)[C@H](O)C[C@@H]1O)COP(=O)([O-])OCC[N+](C)(C)C. The Labute approximate surface area is 346 Å². The van der Waals surface area contributed by atoms with E-state index in [0.717, 1.165) is 64.2 Å². The van der Waals surface area contributed by atoms with E-state index in [1.54, 1.807) is 6.08 Å². The van der Waals surface area contributed by atoms with Gasteiger partial charge in [0.25, 0.3) is 7.82 Å². The van der Waals surface area contributed by atoms with Crippen LogP contribution in [0.2, 0.25) is 0 Å². The number of rotatable bonds is 37. The van der Waals surface area contributed by atoms with Crippen LogP contribution in [0.25, 0.3) is 0 Å². The number of ether oxygens (including phenoxy) is 2. The highest BCUT2D eigenvalue weighted by molar-refractivity contribution is 7.45. The van der Waals surface area contributed by atoms with E-state index in [2.05, 4.69) is 13.8 Å². The number of esters is 2. The Hall–Kier alpha value is -1.37. The third-order valence-corrected chi connectivity index (χ3v) is 11.9. The van der Waals surface area contributed by atoms with Crippen LogP contribution in [-0.2, 0) is 32.7 Å². The number of unbranched alkanes of at least 4 members (excludes halogenated alkanes) is 17. The molecule has 1 unspecified atom stereocenters. The summed E-state index contributed by atoms with van der Waals surface area (Å²) >= 11 is 0. The smallest absolute Gasteiger partial charge is 0.306 e. The van der Waals surface area contributed by atoms with Crippen molar-refractivity contribution in [2.75, 3.05) is 47.5 Å². The zero-order valence-corrected chi connectivity index (χ0v) is 37.5. The molecule has 0 saturated heterocycles. The Bertz CT molecular complexity index is 1100. The highest BCUT2D eigenvalue weighted by atomic mass is 31.2. The van der Waals surface area contributed by atoms with E-state index in [-0.39, 0.29) is 37.9 Å². The predicted molar refractivity (Wildman–Crippen MR) is 224 cm³/mol. The first-order chi connectivity index (χ1) is 27.2. The molecule has 0 aromatic rings. The molecule has 0 radical (unpaired) electrons. The van der Waals surface area contributed by atoms with Crippen molar-refractivity contribution in [2.24, 2.45) is 11.8 Å². The molecule has 7 atom stereocenters. The minimum atomic E-state index is -4.67. The van der Waals surface area contributed by atoms with E-state index in [1.807, 2.05) is 27.2 Å². The van der Waals surface area contributed by atoms with E-state index in [1.165, 1.54) is 57.8 Å². The first kappa shape index (κ1) is 53.6. The molecule has 13 heteroatoms. The molecule has 12 nitrogen and oxygen atoms in total. The van der Waals surface area contributed by atoms with Gasteiger partial charge >= 0.3 is 11.9 Å². The quantitative estimate of drug-likeness (QED) is 0.0181. The lowest BCUT2D eigenvalue weighted by Crippen LogP contribution is -2.37. The third kappa shape index (κ3) is 29.5. The fourth-order valence-corrected chi connectivity index (χ4v) is 8.01. The zero-order chi connectivity index (χ0) is 42.4. The minimum Gasteiger partial charge on any atom is -0.756 e. The van der Waals surface area contributed by atoms with Crippen molar-refractivity contribution < 1.29 is 57.4 Å². The molecule has 0 heterocycles. The number of likely N-dealkylation sites (N-methyl/N-ethyl adjacent to an activating group) is 1. The second kappa shape index (κ2) is 32.4. The maximum atomic E-state index is 12.7. The lowest BCUT2D eigenvalue weighted by Gasteiger charge is -2.28. The van der Waals surface area contributed by atoms with E-state index in [9.17, 15) is 34.4 Å².